The lowest BCUT2D eigenvalue weighted by molar-refractivity contribution is -0.130. The number of nitrogens with zero attached hydrogens (tertiary/aromatic N) is 5. The lowest BCUT2D eigenvalue weighted by Gasteiger charge is -2.35. The quantitative estimate of drug-likeness (QED) is 0.619. The molecule has 31 heavy (non-hydrogen) atoms. The Labute approximate surface area is 184 Å². The monoisotopic (exact) mass is 443 g/mol. The standard InChI is InChI=1S/C22H23ClFN5O2/c1-14(2)29-19-13-25-7-6-18(19)26-21(22(29)31)28-10-8-27(9-11-28)20(30)12-15-16(23)4-3-5-17(15)24/h3-7,13-14H,8-12H2,1-2H3. The van der Waals surface area contributed by atoms with Gasteiger partial charge in [-0.2, -0.15) is 0 Å². The van der Waals surface area contributed by atoms with Crippen LogP contribution in [-0.4, -0.2) is 51.5 Å². The Morgan fingerprint density at radius 2 is 1.94 bits per heavy atom. The third-order valence-corrected chi connectivity index (χ3v) is 5.87. The number of rotatable bonds is 4. The zero-order valence-electron chi connectivity index (χ0n) is 17.4. The molecule has 3 aromatic rings. The van der Waals surface area contributed by atoms with E-state index in [9.17, 15) is 14.0 Å². The van der Waals surface area contributed by atoms with Crippen molar-refractivity contribution in [3.8, 4) is 0 Å². The van der Waals surface area contributed by atoms with Gasteiger partial charge in [0.05, 0.1) is 23.7 Å². The number of carbonyl (C=O) groups is 1. The number of amides is 1. The Kier molecular flexibility index (Phi) is 5.91. The van der Waals surface area contributed by atoms with E-state index in [0.717, 1.165) is 0 Å². The van der Waals surface area contributed by atoms with Crippen LogP contribution >= 0.6 is 11.6 Å². The zero-order valence-corrected chi connectivity index (χ0v) is 18.1. The van der Waals surface area contributed by atoms with E-state index in [1.54, 1.807) is 34.0 Å². The van der Waals surface area contributed by atoms with Crippen molar-refractivity contribution in [3.05, 3.63) is 63.4 Å². The minimum absolute atomic E-state index is 0.0469. The molecule has 1 aliphatic heterocycles. The van der Waals surface area contributed by atoms with E-state index in [2.05, 4.69) is 9.97 Å². The molecule has 1 aromatic carbocycles. The van der Waals surface area contributed by atoms with Crippen LogP contribution in [0.25, 0.3) is 11.0 Å². The van der Waals surface area contributed by atoms with E-state index in [4.69, 9.17) is 11.6 Å². The molecule has 1 saturated heterocycles. The predicted molar refractivity (Wildman–Crippen MR) is 118 cm³/mol. The number of anilines is 1. The SMILES string of the molecule is CC(C)n1c(=O)c(N2CCN(C(=O)Cc3c(F)cccc3Cl)CC2)nc2ccncc21. The summed E-state index contributed by atoms with van der Waals surface area (Å²) in [6.45, 7) is 5.66. The van der Waals surface area contributed by atoms with E-state index in [0.29, 0.717) is 43.0 Å². The average Bonchev–Trinajstić information content (AvgIpc) is 2.75. The van der Waals surface area contributed by atoms with Crippen molar-refractivity contribution in [2.45, 2.75) is 26.3 Å². The summed E-state index contributed by atoms with van der Waals surface area (Å²) in [6.07, 6.45) is 3.21. The predicted octanol–water partition coefficient (Wildman–Crippen LogP) is 3.06. The molecule has 4 rings (SSSR count). The van der Waals surface area contributed by atoms with Crippen LogP contribution in [0.15, 0.2) is 41.5 Å². The van der Waals surface area contributed by atoms with Crippen LogP contribution in [0.3, 0.4) is 0 Å². The topological polar surface area (TPSA) is 71.3 Å². The average molecular weight is 444 g/mol. The fourth-order valence-corrected chi connectivity index (χ4v) is 4.12. The fourth-order valence-electron chi connectivity index (χ4n) is 3.89. The van der Waals surface area contributed by atoms with Gasteiger partial charge in [0.2, 0.25) is 5.91 Å². The number of hydrogen-bond donors (Lipinski definition) is 0. The number of piperazine rings is 1. The highest BCUT2D eigenvalue weighted by molar-refractivity contribution is 6.31. The van der Waals surface area contributed by atoms with Crippen LogP contribution < -0.4 is 10.5 Å². The van der Waals surface area contributed by atoms with E-state index < -0.39 is 5.82 Å². The third kappa shape index (κ3) is 4.12. The van der Waals surface area contributed by atoms with Crippen molar-refractivity contribution in [2.24, 2.45) is 0 Å². The summed E-state index contributed by atoms with van der Waals surface area (Å²) in [5.41, 5.74) is 1.43. The van der Waals surface area contributed by atoms with E-state index in [1.807, 2.05) is 18.7 Å². The zero-order chi connectivity index (χ0) is 22.1. The van der Waals surface area contributed by atoms with Gasteiger partial charge in [0.15, 0.2) is 5.82 Å². The maximum atomic E-state index is 14.0. The molecule has 9 heteroatoms. The highest BCUT2D eigenvalue weighted by atomic mass is 35.5. The molecular weight excluding hydrogens is 421 g/mol. The molecule has 0 radical (unpaired) electrons. The van der Waals surface area contributed by atoms with Gasteiger partial charge in [-0.3, -0.25) is 19.1 Å². The molecule has 3 heterocycles. The second-order valence-corrected chi connectivity index (χ2v) is 8.22. The molecule has 0 spiro atoms. The summed E-state index contributed by atoms with van der Waals surface area (Å²) in [5, 5.41) is 0.246. The Hall–Kier alpha value is -3.00. The van der Waals surface area contributed by atoms with Crippen LogP contribution in [0.4, 0.5) is 10.2 Å². The third-order valence-electron chi connectivity index (χ3n) is 5.51. The molecule has 0 atom stereocenters. The molecule has 162 valence electrons. The van der Waals surface area contributed by atoms with Gasteiger partial charge in [-0.25, -0.2) is 9.37 Å². The summed E-state index contributed by atoms with van der Waals surface area (Å²) in [7, 11) is 0. The van der Waals surface area contributed by atoms with Crippen molar-refractivity contribution >= 4 is 34.4 Å². The first-order valence-corrected chi connectivity index (χ1v) is 10.6. The van der Waals surface area contributed by atoms with Crippen LogP contribution in [0.5, 0.6) is 0 Å². The van der Waals surface area contributed by atoms with Gasteiger partial charge in [-0.1, -0.05) is 17.7 Å². The largest absolute Gasteiger partial charge is 0.348 e. The van der Waals surface area contributed by atoms with Gasteiger partial charge in [-0.15, -0.1) is 0 Å². The Morgan fingerprint density at radius 3 is 2.61 bits per heavy atom. The molecule has 0 N–H and O–H groups in total. The Morgan fingerprint density at radius 1 is 1.19 bits per heavy atom. The number of hydrogen-bond acceptors (Lipinski definition) is 5. The minimum Gasteiger partial charge on any atom is -0.348 e. The van der Waals surface area contributed by atoms with Crippen molar-refractivity contribution in [2.75, 3.05) is 31.1 Å². The molecule has 2 aromatic heterocycles. The summed E-state index contributed by atoms with van der Waals surface area (Å²) in [6, 6.07) is 6.13. The highest BCUT2D eigenvalue weighted by Crippen LogP contribution is 2.21. The molecule has 7 nitrogen and oxygen atoms in total. The second kappa shape index (κ2) is 8.63. The van der Waals surface area contributed by atoms with Gasteiger partial charge >= 0.3 is 0 Å². The molecule has 0 aliphatic carbocycles. The van der Waals surface area contributed by atoms with Gasteiger partial charge < -0.3 is 9.80 Å². The van der Waals surface area contributed by atoms with Crippen molar-refractivity contribution in [1.29, 1.82) is 0 Å². The lowest BCUT2D eigenvalue weighted by Crippen LogP contribution is -2.51. The van der Waals surface area contributed by atoms with Gasteiger partial charge in [0, 0.05) is 49.0 Å². The summed E-state index contributed by atoms with van der Waals surface area (Å²) < 4.78 is 15.7. The van der Waals surface area contributed by atoms with Gasteiger partial charge in [-0.05, 0) is 32.0 Å². The van der Waals surface area contributed by atoms with Gasteiger partial charge in [0.1, 0.15) is 5.82 Å². The van der Waals surface area contributed by atoms with Gasteiger partial charge in [0.25, 0.3) is 5.56 Å². The fraction of sp³-hybridized carbons (Fsp3) is 0.364. The Balaban J connectivity index is 1.53. The first kappa shape index (κ1) is 21.2. The first-order valence-electron chi connectivity index (χ1n) is 10.2. The van der Waals surface area contributed by atoms with E-state index in [1.165, 1.54) is 12.1 Å². The smallest absolute Gasteiger partial charge is 0.294 e. The number of aromatic nitrogens is 3. The second-order valence-electron chi connectivity index (χ2n) is 7.81. The van der Waals surface area contributed by atoms with Crippen molar-refractivity contribution in [1.82, 2.24) is 19.4 Å². The minimum atomic E-state index is -0.483. The lowest BCUT2D eigenvalue weighted by atomic mass is 10.1. The maximum Gasteiger partial charge on any atom is 0.294 e. The normalized spacial score (nSPS) is 14.5. The number of carbonyl (C=O) groups excluding carboxylic acids is 1. The van der Waals surface area contributed by atoms with Crippen LogP contribution in [0, 0.1) is 5.82 Å². The molecule has 1 amide bonds. The summed E-state index contributed by atoms with van der Waals surface area (Å²) in [5.74, 6) is -0.302. The number of benzene rings is 1. The molecule has 0 saturated carbocycles. The molecule has 1 aliphatic rings. The first-order chi connectivity index (χ1) is 14.9. The van der Waals surface area contributed by atoms with Crippen LogP contribution in [0.2, 0.25) is 5.02 Å². The van der Waals surface area contributed by atoms with E-state index in [-0.39, 0.29) is 34.5 Å². The molecule has 1 fully saturated rings. The van der Waals surface area contributed by atoms with Crippen LogP contribution in [0.1, 0.15) is 25.5 Å². The number of fused-ring (bicyclic) bond motifs is 1. The van der Waals surface area contributed by atoms with E-state index >= 15 is 0 Å². The highest BCUT2D eigenvalue weighted by Gasteiger charge is 2.26. The number of halogens is 2. The number of pyridine rings is 1. The van der Waals surface area contributed by atoms with Crippen LogP contribution in [-0.2, 0) is 11.2 Å². The summed E-state index contributed by atoms with van der Waals surface area (Å²) >= 11 is 6.05. The summed E-state index contributed by atoms with van der Waals surface area (Å²) in [4.78, 5) is 38.1. The molecular formula is C22H23ClFN5O2. The Bertz CT molecular complexity index is 1170. The van der Waals surface area contributed by atoms with Crippen molar-refractivity contribution < 1.29 is 9.18 Å². The van der Waals surface area contributed by atoms with Crippen molar-refractivity contribution in [3.63, 3.8) is 0 Å². The molecule has 0 unspecified atom stereocenters. The maximum absolute atomic E-state index is 14.0. The molecule has 0 bridgehead atoms.